The Bertz CT molecular complexity index is 496. The van der Waals surface area contributed by atoms with E-state index in [0.717, 1.165) is 0 Å². The quantitative estimate of drug-likeness (QED) is 0.628. The van der Waals surface area contributed by atoms with Gasteiger partial charge in [-0.2, -0.15) is 0 Å². The van der Waals surface area contributed by atoms with Crippen LogP contribution < -0.4 is 0 Å². The van der Waals surface area contributed by atoms with Gasteiger partial charge in [0.2, 0.25) is 0 Å². The van der Waals surface area contributed by atoms with Crippen molar-refractivity contribution in [2.75, 3.05) is 0 Å². The van der Waals surface area contributed by atoms with Crippen LogP contribution in [-0.4, -0.2) is 14.9 Å². The van der Waals surface area contributed by atoms with Gasteiger partial charge in [0.15, 0.2) is 0 Å². The van der Waals surface area contributed by atoms with Gasteiger partial charge >= 0.3 is 0 Å². The van der Waals surface area contributed by atoms with Crippen molar-refractivity contribution in [3.8, 4) is 11.4 Å². The summed E-state index contributed by atoms with van der Waals surface area (Å²) in [5, 5.41) is 11.2. The van der Waals surface area contributed by atoms with E-state index in [-0.39, 0.29) is 5.69 Å². The first-order valence-corrected chi connectivity index (χ1v) is 4.50. The molecular formula is C9H6ClN3O2. The molecule has 0 bridgehead atoms. The highest BCUT2D eigenvalue weighted by Crippen LogP contribution is 2.29. The van der Waals surface area contributed by atoms with E-state index in [4.69, 9.17) is 11.6 Å². The smallest absolute Gasteiger partial charge is 0.280 e. The highest BCUT2D eigenvalue weighted by atomic mass is 35.5. The lowest BCUT2D eigenvalue weighted by molar-refractivity contribution is -0.384. The summed E-state index contributed by atoms with van der Waals surface area (Å²) in [4.78, 5) is 17.0. The first-order chi connectivity index (χ1) is 7.18. The number of aromatic amines is 1. The number of H-pyrrole nitrogens is 1. The number of hydrogen-bond donors (Lipinski definition) is 1. The van der Waals surface area contributed by atoms with Crippen molar-refractivity contribution in [1.29, 1.82) is 0 Å². The minimum atomic E-state index is -0.464. The molecule has 5 nitrogen and oxygen atoms in total. The van der Waals surface area contributed by atoms with Crippen LogP contribution in [0.15, 0.2) is 30.6 Å². The molecule has 0 fully saturated rings. The van der Waals surface area contributed by atoms with E-state index in [0.29, 0.717) is 16.4 Å². The van der Waals surface area contributed by atoms with E-state index in [1.165, 1.54) is 24.4 Å². The van der Waals surface area contributed by atoms with Crippen molar-refractivity contribution in [2.24, 2.45) is 0 Å². The van der Waals surface area contributed by atoms with Crippen LogP contribution in [0.2, 0.25) is 5.02 Å². The summed E-state index contributed by atoms with van der Waals surface area (Å²) in [5.41, 5.74) is 0.367. The minimum absolute atomic E-state index is 0.0191. The fourth-order valence-corrected chi connectivity index (χ4v) is 1.44. The number of nitrogens with one attached hydrogen (secondary N) is 1. The predicted octanol–water partition coefficient (Wildman–Crippen LogP) is 2.64. The van der Waals surface area contributed by atoms with Gasteiger partial charge in [0, 0.05) is 23.5 Å². The van der Waals surface area contributed by atoms with Gasteiger partial charge in [0.05, 0.1) is 10.5 Å². The number of nitro benzene ring substituents is 1. The minimum Gasteiger partial charge on any atom is -0.344 e. The Balaban J connectivity index is 2.63. The summed E-state index contributed by atoms with van der Waals surface area (Å²) in [6, 6.07) is 4.35. The van der Waals surface area contributed by atoms with Crippen LogP contribution >= 0.6 is 11.6 Å². The Kier molecular flexibility index (Phi) is 2.39. The number of nitrogens with zero attached hydrogens (tertiary/aromatic N) is 2. The van der Waals surface area contributed by atoms with Gasteiger partial charge in [-0.05, 0) is 12.1 Å². The number of benzene rings is 1. The largest absolute Gasteiger partial charge is 0.344 e. The lowest BCUT2D eigenvalue weighted by Crippen LogP contribution is -1.92. The molecule has 0 unspecified atom stereocenters. The molecule has 0 aliphatic carbocycles. The summed E-state index contributed by atoms with van der Waals surface area (Å²) >= 11 is 5.77. The molecule has 0 atom stereocenters. The molecule has 0 aliphatic heterocycles. The van der Waals surface area contributed by atoms with Crippen LogP contribution in [0.5, 0.6) is 0 Å². The molecule has 0 spiro atoms. The standard InChI is InChI=1S/C9H6ClN3O2/c10-6-1-2-8(13(14)15)7(5-6)9-11-3-4-12-9/h1-5H,(H,11,12). The van der Waals surface area contributed by atoms with Gasteiger partial charge < -0.3 is 4.98 Å². The average molecular weight is 224 g/mol. The lowest BCUT2D eigenvalue weighted by Gasteiger charge is -1.99. The second-order valence-electron chi connectivity index (χ2n) is 2.86. The Labute approximate surface area is 89.9 Å². The van der Waals surface area contributed by atoms with E-state index in [1.54, 1.807) is 6.20 Å². The molecule has 0 aliphatic rings. The van der Waals surface area contributed by atoms with Gasteiger partial charge in [-0.1, -0.05) is 11.6 Å². The zero-order chi connectivity index (χ0) is 10.8. The van der Waals surface area contributed by atoms with E-state index >= 15 is 0 Å². The monoisotopic (exact) mass is 223 g/mol. The Morgan fingerprint density at radius 3 is 2.87 bits per heavy atom. The van der Waals surface area contributed by atoms with Crippen molar-refractivity contribution in [3.05, 3.63) is 45.7 Å². The number of hydrogen-bond acceptors (Lipinski definition) is 3. The van der Waals surface area contributed by atoms with E-state index < -0.39 is 4.92 Å². The molecule has 0 radical (unpaired) electrons. The number of nitro groups is 1. The molecule has 15 heavy (non-hydrogen) atoms. The summed E-state index contributed by atoms with van der Waals surface area (Å²) < 4.78 is 0. The summed E-state index contributed by atoms with van der Waals surface area (Å²) in [7, 11) is 0. The number of rotatable bonds is 2. The fourth-order valence-electron chi connectivity index (χ4n) is 1.27. The molecular weight excluding hydrogens is 218 g/mol. The maximum Gasteiger partial charge on any atom is 0.280 e. The van der Waals surface area contributed by atoms with Crippen molar-refractivity contribution in [1.82, 2.24) is 9.97 Å². The Morgan fingerprint density at radius 2 is 2.27 bits per heavy atom. The third-order valence-electron chi connectivity index (χ3n) is 1.91. The molecule has 1 heterocycles. The van der Waals surface area contributed by atoms with Crippen LogP contribution in [0.4, 0.5) is 5.69 Å². The van der Waals surface area contributed by atoms with Crippen LogP contribution in [0.3, 0.4) is 0 Å². The molecule has 0 amide bonds. The van der Waals surface area contributed by atoms with Gasteiger partial charge in [-0.15, -0.1) is 0 Å². The SMILES string of the molecule is O=[N+]([O-])c1ccc(Cl)cc1-c1ncc[nH]1. The first-order valence-electron chi connectivity index (χ1n) is 4.12. The molecule has 76 valence electrons. The van der Waals surface area contributed by atoms with Gasteiger partial charge in [-0.3, -0.25) is 10.1 Å². The maximum atomic E-state index is 10.7. The fraction of sp³-hybridized carbons (Fsp3) is 0. The summed E-state index contributed by atoms with van der Waals surface area (Å²) in [5.74, 6) is 0.434. The number of aromatic nitrogens is 2. The zero-order valence-electron chi connectivity index (χ0n) is 7.48. The van der Waals surface area contributed by atoms with E-state index in [2.05, 4.69) is 9.97 Å². The molecule has 2 aromatic rings. The topological polar surface area (TPSA) is 71.8 Å². The van der Waals surface area contributed by atoms with Gasteiger partial charge in [0.25, 0.3) is 5.69 Å². The molecule has 0 saturated carbocycles. The number of imidazole rings is 1. The Hall–Kier alpha value is -1.88. The third kappa shape index (κ3) is 1.82. The van der Waals surface area contributed by atoms with Crippen molar-refractivity contribution >= 4 is 17.3 Å². The highest BCUT2D eigenvalue weighted by Gasteiger charge is 2.16. The van der Waals surface area contributed by atoms with Crippen LogP contribution in [0.1, 0.15) is 0 Å². The van der Waals surface area contributed by atoms with Crippen LogP contribution in [0, 0.1) is 10.1 Å². The first kappa shape index (κ1) is 9.67. The highest BCUT2D eigenvalue weighted by molar-refractivity contribution is 6.31. The van der Waals surface area contributed by atoms with Crippen molar-refractivity contribution in [3.63, 3.8) is 0 Å². The van der Waals surface area contributed by atoms with E-state index in [9.17, 15) is 10.1 Å². The van der Waals surface area contributed by atoms with Crippen molar-refractivity contribution in [2.45, 2.75) is 0 Å². The molecule has 0 saturated heterocycles. The molecule has 6 heteroatoms. The molecule has 2 rings (SSSR count). The summed E-state index contributed by atoms with van der Waals surface area (Å²) in [6.45, 7) is 0. The molecule has 1 N–H and O–H groups in total. The molecule has 1 aromatic carbocycles. The second-order valence-corrected chi connectivity index (χ2v) is 3.29. The average Bonchev–Trinajstić information content (AvgIpc) is 2.69. The third-order valence-corrected chi connectivity index (χ3v) is 2.14. The lowest BCUT2D eigenvalue weighted by atomic mass is 10.2. The van der Waals surface area contributed by atoms with Crippen LogP contribution in [0.25, 0.3) is 11.4 Å². The van der Waals surface area contributed by atoms with Crippen LogP contribution in [-0.2, 0) is 0 Å². The Morgan fingerprint density at radius 1 is 1.47 bits per heavy atom. The van der Waals surface area contributed by atoms with Gasteiger partial charge in [0.1, 0.15) is 5.82 Å². The summed E-state index contributed by atoms with van der Waals surface area (Å²) in [6.07, 6.45) is 3.12. The number of halogens is 1. The zero-order valence-corrected chi connectivity index (χ0v) is 8.23. The van der Waals surface area contributed by atoms with E-state index in [1.807, 2.05) is 0 Å². The second kappa shape index (κ2) is 3.70. The predicted molar refractivity (Wildman–Crippen MR) is 55.7 cm³/mol. The van der Waals surface area contributed by atoms with Gasteiger partial charge in [-0.25, -0.2) is 4.98 Å². The maximum absolute atomic E-state index is 10.7. The normalized spacial score (nSPS) is 10.2. The van der Waals surface area contributed by atoms with Crippen molar-refractivity contribution < 1.29 is 4.92 Å². The molecule has 1 aromatic heterocycles.